The predicted octanol–water partition coefficient (Wildman–Crippen LogP) is 3.82. The fourth-order valence-corrected chi connectivity index (χ4v) is 2.72. The molecule has 1 heterocycles. The standard InChI is InChI=1S/C19H19NO3/c1-19(2,3)13-7-5-12(6-8-13)17-18(21)15-10-9-14(23-4)11-16(15)20(17)22/h5-11H,1-4H3. The highest BCUT2D eigenvalue weighted by molar-refractivity contribution is 6.52. The van der Waals surface area contributed by atoms with Crippen LogP contribution in [0.4, 0.5) is 5.69 Å². The molecular formula is C19H19NO3. The van der Waals surface area contributed by atoms with Crippen LogP contribution in [0.3, 0.4) is 0 Å². The molecule has 4 nitrogen and oxygen atoms in total. The molecule has 3 rings (SSSR count). The second-order valence-corrected chi connectivity index (χ2v) is 6.68. The van der Waals surface area contributed by atoms with Crippen molar-refractivity contribution < 1.29 is 14.3 Å². The maximum atomic E-state index is 12.6. The number of benzene rings is 2. The van der Waals surface area contributed by atoms with Crippen molar-refractivity contribution >= 4 is 17.2 Å². The molecule has 0 unspecified atom stereocenters. The lowest BCUT2D eigenvalue weighted by Gasteiger charge is -2.18. The van der Waals surface area contributed by atoms with E-state index in [1.54, 1.807) is 18.2 Å². The number of fused-ring (bicyclic) bond motifs is 1. The first-order valence-electron chi connectivity index (χ1n) is 7.51. The van der Waals surface area contributed by atoms with Gasteiger partial charge in [0, 0.05) is 0 Å². The third-order valence-electron chi connectivity index (χ3n) is 4.11. The van der Waals surface area contributed by atoms with Gasteiger partial charge < -0.3 is 9.94 Å². The summed E-state index contributed by atoms with van der Waals surface area (Å²) in [6.45, 7) is 6.37. The van der Waals surface area contributed by atoms with Crippen molar-refractivity contribution in [1.82, 2.24) is 0 Å². The minimum absolute atomic E-state index is 0.0242. The quantitative estimate of drug-likeness (QED) is 0.626. The average Bonchev–Trinajstić information content (AvgIpc) is 2.77. The number of carbonyl (C=O) groups is 1. The summed E-state index contributed by atoms with van der Waals surface area (Å²) in [7, 11) is 1.53. The van der Waals surface area contributed by atoms with Crippen molar-refractivity contribution in [3.63, 3.8) is 0 Å². The zero-order valence-electron chi connectivity index (χ0n) is 13.7. The molecule has 0 fully saturated rings. The van der Waals surface area contributed by atoms with Crippen LogP contribution in [0.15, 0.2) is 42.5 Å². The van der Waals surface area contributed by atoms with Crippen LogP contribution in [0, 0.1) is 5.21 Å². The zero-order valence-corrected chi connectivity index (χ0v) is 13.7. The number of hydrogen-bond acceptors (Lipinski definition) is 3. The van der Waals surface area contributed by atoms with Crippen molar-refractivity contribution in [3.05, 3.63) is 64.4 Å². The number of rotatable bonds is 2. The molecule has 0 aromatic heterocycles. The highest BCUT2D eigenvalue weighted by Crippen LogP contribution is 2.32. The molecule has 118 valence electrons. The third-order valence-corrected chi connectivity index (χ3v) is 4.11. The summed E-state index contributed by atoms with van der Waals surface area (Å²) in [4.78, 5) is 12.6. The van der Waals surface area contributed by atoms with Crippen LogP contribution in [0.25, 0.3) is 0 Å². The molecule has 0 bridgehead atoms. The van der Waals surface area contributed by atoms with Crippen molar-refractivity contribution in [3.8, 4) is 5.75 Å². The molecule has 0 N–H and O–H groups in total. The second-order valence-electron chi connectivity index (χ2n) is 6.68. The SMILES string of the molecule is COc1ccc2c(c1)[N+]([O-])=C(c1ccc(C(C)(C)C)cc1)C2=O. The summed E-state index contributed by atoms with van der Waals surface area (Å²) in [5.74, 6) is 0.308. The summed E-state index contributed by atoms with van der Waals surface area (Å²) in [6.07, 6.45) is 0. The van der Waals surface area contributed by atoms with Gasteiger partial charge in [0.2, 0.25) is 5.69 Å². The maximum Gasteiger partial charge on any atom is 0.272 e. The van der Waals surface area contributed by atoms with E-state index in [9.17, 15) is 10.0 Å². The van der Waals surface area contributed by atoms with E-state index in [0.29, 0.717) is 27.3 Å². The lowest BCUT2D eigenvalue weighted by molar-refractivity contribution is -0.355. The second kappa shape index (κ2) is 5.23. The Morgan fingerprint density at radius 3 is 2.26 bits per heavy atom. The van der Waals surface area contributed by atoms with E-state index in [-0.39, 0.29) is 16.9 Å². The van der Waals surface area contributed by atoms with Gasteiger partial charge in [0.25, 0.3) is 11.5 Å². The molecule has 1 aliphatic rings. The van der Waals surface area contributed by atoms with E-state index < -0.39 is 0 Å². The van der Waals surface area contributed by atoms with Gasteiger partial charge in [-0.05, 0) is 35.2 Å². The van der Waals surface area contributed by atoms with Gasteiger partial charge in [-0.1, -0.05) is 32.9 Å². The smallest absolute Gasteiger partial charge is 0.272 e. The van der Waals surface area contributed by atoms with Crippen LogP contribution < -0.4 is 4.74 Å². The molecule has 0 amide bonds. The van der Waals surface area contributed by atoms with E-state index in [4.69, 9.17) is 4.74 Å². The third kappa shape index (κ3) is 2.50. The normalized spacial score (nSPS) is 14.2. The lowest BCUT2D eigenvalue weighted by Crippen LogP contribution is -2.17. The Kier molecular flexibility index (Phi) is 3.48. The van der Waals surface area contributed by atoms with Crippen LogP contribution >= 0.6 is 0 Å². The minimum Gasteiger partial charge on any atom is -0.618 e. The number of carbonyl (C=O) groups excluding carboxylic acids is 1. The Morgan fingerprint density at radius 1 is 1.04 bits per heavy atom. The first-order valence-corrected chi connectivity index (χ1v) is 7.51. The molecule has 1 aliphatic heterocycles. The van der Waals surface area contributed by atoms with Crippen LogP contribution in [0.1, 0.15) is 42.3 Å². The molecule has 2 aromatic rings. The van der Waals surface area contributed by atoms with Crippen molar-refractivity contribution in [1.29, 1.82) is 0 Å². The molecular weight excluding hydrogens is 290 g/mol. The largest absolute Gasteiger partial charge is 0.618 e. The van der Waals surface area contributed by atoms with E-state index in [1.807, 2.05) is 24.3 Å². The molecule has 0 radical (unpaired) electrons. The maximum absolute atomic E-state index is 12.6. The molecule has 0 atom stereocenters. The van der Waals surface area contributed by atoms with Gasteiger partial charge in [-0.3, -0.25) is 4.79 Å². The van der Waals surface area contributed by atoms with Crippen molar-refractivity contribution in [2.75, 3.05) is 7.11 Å². The summed E-state index contributed by atoms with van der Waals surface area (Å²) >= 11 is 0. The molecule has 0 spiro atoms. The van der Waals surface area contributed by atoms with Gasteiger partial charge in [0.05, 0.1) is 18.7 Å². The van der Waals surface area contributed by atoms with E-state index in [0.717, 1.165) is 5.56 Å². The molecule has 4 heteroatoms. The predicted molar refractivity (Wildman–Crippen MR) is 89.9 cm³/mol. The first-order chi connectivity index (χ1) is 10.8. The van der Waals surface area contributed by atoms with Gasteiger partial charge >= 0.3 is 0 Å². The number of ether oxygens (including phenoxy) is 1. The topological polar surface area (TPSA) is 52.4 Å². The summed E-state index contributed by atoms with van der Waals surface area (Å²) in [5.41, 5.74) is 2.72. The number of methoxy groups -OCH3 is 1. The number of Topliss-reactive ketones (excluding diaryl/α,β-unsaturated/α-hetero) is 1. The lowest BCUT2D eigenvalue weighted by atomic mass is 9.86. The van der Waals surface area contributed by atoms with Crippen molar-refractivity contribution in [2.24, 2.45) is 0 Å². The molecule has 23 heavy (non-hydrogen) atoms. The van der Waals surface area contributed by atoms with Crippen LogP contribution in [-0.2, 0) is 5.41 Å². The Hall–Kier alpha value is -2.62. The minimum atomic E-state index is -0.249. The van der Waals surface area contributed by atoms with Gasteiger partial charge in [0.1, 0.15) is 11.3 Å². The fourth-order valence-electron chi connectivity index (χ4n) is 2.72. The van der Waals surface area contributed by atoms with Gasteiger partial charge in [-0.2, -0.15) is 4.74 Å². The van der Waals surface area contributed by atoms with E-state index in [1.165, 1.54) is 7.11 Å². The summed E-state index contributed by atoms with van der Waals surface area (Å²) in [5, 5.41) is 12.6. The highest BCUT2D eigenvalue weighted by atomic mass is 16.5. The number of hydrogen-bond donors (Lipinski definition) is 0. The van der Waals surface area contributed by atoms with Crippen LogP contribution in [0.2, 0.25) is 0 Å². The number of ketones is 1. The van der Waals surface area contributed by atoms with Gasteiger partial charge in [0.15, 0.2) is 0 Å². The summed E-state index contributed by atoms with van der Waals surface area (Å²) in [6, 6.07) is 12.5. The van der Waals surface area contributed by atoms with Crippen molar-refractivity contribution in [2.45, 2.75) is 26.2 Å². The van der Waals surface area contributed by atoms with Crippen LogP contribution in [0.5, 0.6) is 5.75 Å². The van der Waals surface area contributed by atoms with Crippen LogP contribution in [-0.4, -0.2) is 23.3 Å². The Balaban J connectivity index is 2.06. The Labute approximate surface area is 135 Å². The Morgan fingerprint density at radius 2 is 1.70 bits per heavy atom. The summed E-state index contributed by atoms with van der Waals surface area (Å²) < 4.78 is 5.83. The molecule has 0 aliphatic carbocycles. The zero-order chi connectivity index (χ0) is 16.8. The highest BCUT2D eigenvalue weighted by Gasteiger charge is 2.36. The average molecular weight is 309 g/mol. The number of nitrogens with zero attached hydrogens (tertiary/aromatic N) is 1. The van der Waals surface area contributed by atoms with E-state index >= 15 is 0 Å². The van der Waals surface area contributed by atoms with Gasteiger partial charge in [-0.15, -0.1) is 0 Å². The Bertz CT molecular complexity index is 811. The fraction of sp³-hybridized carbons (Fsp3) is 0.263. The molecule has 2 aromatic carbocycles. The molecule has 0 saturated heterocycles. The molecule has 0 saturated carbocycles. The van der Waals surface area contributed by atoms with Gasteiger partial charge in [-0.25, -0.2) is 0 Å². The van der Waals surface area contributed by atoms with E-state index in [2.05, 4.69) is 20.8 Å². The monoisotopic (exact) mass is 309 g/mol. The first kappa shape index (κ1) is 15.3.